The molecule has 7 heteroatoms. The number of rotatable bonds is 3. The van der Waals surface area contributed by atoms with E-state index in [-0.39, 0.29) is 16.5 Å². The van der Waals surface area contributed by atoms with Crippen molar-refractivity contribution in [2.75, 3.05) is 20.1 Å². The lowest BCUT2D eigenvalue weighted by Gasteiger charge is -2.46. The number of ether oxygens (including phenoxy) is 1. The van der Waals surface area contributed by atoms with Gasteiger partial charge in [0.1, 0.15) is 11.4 Å². The van der Waals surface area contributed by atoms with Crippen molar-refractivity contribution in [1.29, 1.82) is 0 Å². The molecule has 144 valence electrons. The molecule has 1 N–H and O–H groups in total. The molecular weight excluding hydrogens is 384 g/mol. The van der Waals surface area contributed by atoms with Crippen molar-refractivity contribution in [1.82, 2.24) is 9.62 Å². The van der Waals surface area contributed by atoms with E-state index in [0.717, 1.165) is 37.2 Å². The number of nitrogens with one attached hydrogen (secondary N) is 1. The van der Waals surface area contributed by atoms with Crippen LogP contribution < -0.4 is 9.46 Å². The van der Waals surface area contributed by atoms with E-state index >= 15 is 0 Å². The Balaban J connectivity index is 1.66. The molecule has 1 unspecified atom stereocenters. The summed E-state index contributed by atoms with van der Waals surface area (Å²) in [4.78, 5) is 2.46. The van der Waals surface area contributed by atoms with Crippen LogP contribution in [-0.4, -0.2) is 39.1 Å². The maximum absolute atomic E-state index is 13.0. The second-order valence-corrected chi connectivity index (χ2v) is 9.61. The van der Waals surface area contributed by atoms with Crippen LogP contribution >= 0.6 is 11.6 Å². The Labute approximate surface area is 165 Å². The summed E-state index contributed by atoms with van der Waals surface area (Å²) in [5.74, 6) is 0.770. The first-order valence-electron chi connectivity index (χ1n) is 9.11. The Morgan fingerprint density at radius 2 is 1.89 bits per heavy atom. The van der Waals surface area contributed by atoms with E-state index in [2.05, 4.69) is 16.7 Å². The largest absolute Gasteiger partial charge is 0.487 e. The van der Waals surface area contributed by atoms with Crippen molar-refractivity contribution < 1.29 is 13.2 Å². The van der Waals surface area contributed by atoms with E-state index in [9.17, 15) is 8.42 Å². The minimum Gasteiger partial charge on any atom is -0.487 e. The van der Waals surface area contributed by atoms with Gasteiger partial charge in [0.25, 0.3) is 0 Å². The van der Waals surface area contributed by atoms with Crippen molar-refractivity contribution in [3.8, 4) is 5.75 Å². The van der Waals surface area contributed by atoms with E-state index in [0.29, 0.717) is 11.4 Å². The molecule has 5 nitrogen and oxygen atoms in total. The van der Waals surface area contributed by atoms with Gasteiger partial charge in [-0.15, -0.1) is 0 Å². The Kier molecular flexibility index (Phi) is 4.93. The Bertz CT molecular complexity index is 940. The average molecular weight is 407 g/mol. The quantitative estimate of drug-likeness (QED) is 0.845. The van der Waals surface area contributed by atoms with Gasteiger partial charge in [-0.1, -0.05) is 35.9 Å². The smallest absolute Gasteiger partial charge is 0.241 e. The molecule has 2 heterocycles. The number of para-hydroxylation sites is 1. The fourth-order valence-corrected chi connectivity index (χ4v) is 5.46. The molecule has 0 aliphatic carbocycles. The SMILES string of the molecule is CN1CCC2(CC1)CC(NS(=O)(=O)c1cccc(Cl)c1)c1ccccc1O2. The number of nitrogens with zero attached hydrogens (tertiary/aromatic N) is 1. The van der Waals surface area contributed by atoms with E-state index in [4.69, 9.17) is 16.3 Å². The molecule has 4 rings (SSSR count). The predicted octanol–water partition coefficient (Wildman–Crippen LogP) is 3.61. The van der Waals surface area contributed by atoms with Crippen LogP contribution in [-0.2, 0) is 10.0 Å². The number of benzene rings is 2. The molecule has 27 heavy (non-hydrogen) atoms. The summed E-state index contributed by atoms with van der Waals surface area (Å²) in [5, 5.41) is 0.400. The minimum absolute atomic E-state index is 0.177. The third kappa shape index (κ3) is 3.85. The standard InChI is InChI=1S/C20H23ClN2O3S/c1-23-11-9-20(10-12-23)14-18(17-7-2-3-8-19(17)26-20)22-27(24,25)16-6-4-5-15(21)13-16/h2-8,13,18,22H,9-12,14H2,1H3. The van der Waals surface area contributed by atoms with Gasteiger partial charge in [0.05, 0.1) is 10.9 Å². The minimum atomic E-state index is -3.69. The van der Waals surface area contributed by atoms with Crippen molar-refractivity contribution in [3.05, 3.63) is 59.1 Å². The first-order chi connectivity index (χ1) is 12.9. The van der Waals surface area contributed by atoms with Crippen molar-refractivity contribution in [2.24, 2.45) is 0 Å². The van der Waals surface area contributed by atoms with Crippen LogP contribution in [0.4, 0.5) is 0 Å². The molecular formula is C20H23ClN2O3S. The van der Waals surface area contributed by atoms with Crippen LogP contribution in [0.2, 0.25) is 5.02 Å². The fourth-order valence-electron chi connectivity index (χ4n) is 3.95. The summed E-state index contributed by atoms with van der Waals surface area (Å²) < 4.78 is 35.2. The molecule has 2 aromatic rings. The average Bonchev–Trinajstić information content (AvgIpc) is 2.64. The van der Waals surface area contributed by atoms with Gasteiger partial charge >= 0.3 is 0 Å². The highest BCUT2D eigenvalue weighted by Crippen LogP contribution is 2.44. The number of likely N-dealkylation sites (tertiary alicyclic amines) is 1. The maximum Gasteiger partial charge on any atom is 0.241 e. The number of sulfonamides is 1. The number of hydrogen-bond donors (Lipinski definition) is 1. The van der Waals surface area contributed by atoms with Crippen molar-refractivity contribution in [3.63, 3.8) is 0 Å². The molecule has 1 fully saturated rings. The number of fused-ring (bicyclic) bond motifs is 1. The number of piperidine rings is 1. The van der Waals surface area contributed by atoms with Gasteiger partial charge in [-0.05, 0) is 44.2 Å². The van der Waals surface area contributed by atoms with Gasteiger partial charge in [0.2, 0.25) is 10.0 Å². The van der Waals surface area contributed by atoms with Crippen LogP contribution in [0.25, 0.3) is 0 Å². The number of hydrogen-bond acceptors (Lipinski definition) is 4. The molecule has 0 saturated carbocycles. The molecule has 2 aromatic carbocycles. The van der Waals surface area contributed by atoms with Crippen molar-refractivity contribution in [2.45, 2.75) is 35.8 Å². The topological polar surface area (TPSA) is 58.6 Å². The summed E-state index contributed by atoms with van der Waals surface area (Å²) >= 11 is 5.99. The van der Waals surface area contributed by atoms with Crippen LogP contribution in [0, 0.1) is 0 Å². The first-order valence-corrected chi connectivity index (χ1v) is 11.0. The molecule has 2 aliphatic heterocycles. The molecule has 1 spiro atoms. The third-order valence-corrected chi connectivity index (χ3v) is 7.20. The Morgan fingerprint density at radius 1 is 1.15 bits per heavy atom. The highest BCUT2D eigenvalue weighted by atomic mass is 35.5. The normalized spacial score (nSPS) is 22.2. The van der Waals surface area contributed by atoms with E-state index in [1.165, 1.54) is 6.07 Å². The monoisotopic (exact) mass is 406 g/mol. The van der Waals surface area contributed by atoms with Gasteiger partial charge in [0, 0.05) is 30.1 Å². The van der Waals surface area contributed by atoms with Crippen LogP contribution in [0.15, 0.2) is 53.4 Å². The third-order valence-electron chi connectivity index (χ3n) is 5.50. The van der Waals surface area contributed by atoms with Crippen molar-refractivity contribution >= 4 is 21.6 Å². The lowest BCUT2D eigenvalue weighted by atomic mass is 9.81. The highest BCUT2D eigenvalue weighted by Gasteiger charge is 2.43. The second-order valence-electron chi connectivity index (χ2n) is 7.46. The van der Waals surface area contributed by atoms with Gasteiger partial charge < -0.3 is 9.64 Å². The zero-order valence-corrected chi connectivity index (χ0v) is 16.8. The van der Waals surface area contributed by atoms with Gasteiger partial charge in [-0.2, -0.15) is 0 Å². The Morgan fingerprint density at radius 3 is 2.63 bits per heavy atom. The van der Waals surface area contributed by atoms with E-state index in [1.807, 2.05) is 24.3 Å². The lowest BCUT2D eigenvalue weighted by molar-refractivity contribution is -0.0179. The highest BCUT2D eigenvalue weighted by molar-refractivity contribution is 7.89. The molecule has 0 bridgehead atoms. The maximum atomic E-state index is 13.0. The molecule has 0 amide bonds. The Hall–Kier alpha value is -1.60. The molecule has 2 aliphatic rings. The molecule has 0 aromatic heterocycles. The first kappa shape index (κ1) is 18.7. The van der Waals surface area contributed by atoms with Crippen LogP contribution in [0.3, 0.4) is 0 Å². The number of halogens is 1. The van der Waals surface area contributed by atoms with Gasteiger partial charge in [-0.3, -0.25) is 0 Å². The fraction of sp³-hybridized carbons (Fsp3) is 0.400. The molecule has 1 atom stereocenters. The summed E-state index contributed by atoms with van der Waals surface area (Å²) in [5.41, 5.74) is 0.551. The zero-order valence-electron chi connectivity index (χ0n) is 15.2. The van der Waals surface area contributed by atoms with Crippen LogP contribution in [0.5, 0.6) is 5.75 Å². The predicted molar refractivity (Wildman–Crippen MR) is 106 cm³/mol. The zero-order chi connectivity index (χ0) is 19.1. The van der Waals surface area contributed by atoms with Crippen LogP contribution in [0.1, 0.15) is 30.9 Å². The summed E-state index contributed by atoms with van der Waals surface area (Å²) in [6.45, 7) is 1.88. The second kappa shape index (κ2) is 7.09. The molecule has 0 radical (unpaired) electrons. The molecule has 1 saturated heterocycles. The van der Waals surface area contributed by atoms with Gasteiger partial charge in [-0.25, -0.2) is 13.1 Å². The van der Waals surface area contributed by atoms with Gasteiger partial charge in [0.15, 0.2) is 0 Å². The lowest BCUT2D eigenvalue weighted by Crippen LogP contribution is -2.51. The summed E-state index contributed by atoms with van der Waals surface area (Å²) in [6, 6.07) is 13.7. The van der Waals surface area contributed by atoms with E-state index in [1.54, 1.807) is 18.2 Å². The summed E-state index contributed by atoms with van der Waals surface area (Å²) in [7, 11) is -1.59. The summed E-state index contributed by atoms with van der Waals surface area (Å²) in [6.07, 6.45) is 2.39. The van der Waals surface area contributed by atoms with E-state index < -0.39 is 10.0 Å².